The predicted octanol–water partition coefficient (Wildman–Crippen LogP) is 1.01. The summed E-state index contributed by atoms with van der Waals surface area (Å²) >= 11 is 0. The van der Waals surface area contributed by atoms with Crippen molar-refractivity contribution in [3.8, 4) is 0 Å². The predicted molar refractivity (Wildman–Crippen MR) is 59.7 cm³/mol. The van der Waals surface area contributed by atoms with Crippen molar-refractivity contribution >= 4 is 11.9 Å². The number of likely N-dealkylation sites (N-methyl/N-ethyl adjacent to an activating group) is 1. The zero-order valence-electron chi connectivity index (χ0n) is 10.4. The van der Waals surface area contributed by atoms with Gasteiger partial charge >= 0.3 is 5.97 Å². The Morgan fingerprint density at radius 2 is 2.12 bits per heavy atom. The fraction of sp³-hybridized carbons (Fsp3) is 0.545. The van der Waals surface area contributed by atoms with E-state index in [4.69, 9.17) is 9.26 Å². The van der Waals surface area contributed by atoms with Crippen LogP contribution in [0.4, 0.5) is 0 Å². The molecule has 0 bridgehead atoms. The zero-order valence-corrected chi connectivity index (χ0v) is 10.4. The van der Waals surface area contributed by atoms with Gasteiger partial charge in [-0.15, -0.1) is 0 Å². The maximum atomic E-state index is 11.8. The Balaban J connectivity index is 2.81. The van der Waals surface area contributed by atoms with Crippen LogP contribution in [0.5, 0.6) is 0 Å². The Kier molecular flexibility index (Phi) is 4.25. The minimum Gasteiger partial charge on any atom is -0.452 e. The highest BCUT2D eigenvalue weighted by molar-refractivity contribution is 5.93. The van der Waals surface area contributed by atoms with Crippen molar-refractivity contribution < 1.29 is 18.8 Å². The lowest BCUT2D eigenvalue weighted by atomic mass is 10.1. The van der Waals surface area contributed by atoms with Gasteiger partial charge in [-0.05, 0) is 6.92 Å². The molecule has 1 aromatic heterocycles. The number of esters is 1. The van der Waals surface area contributed by atoms with Gasteiger partial charge in [0, 0.05) is 13.0 Å². The van der Waals surface area contributed by atoms with E-state index in [1.165, 1.54) is 7.05 Å². The largest absolute Gasteiger partial charge is 0.452 e. The third-order valence-electron chi connectivity index (χ3n) is 2.23. The van der Waals surface area contributed by atoms with Gasteiger partial charge in [0.25, 0.3) is 5.91 Å². The lowest BCUT2D eigenvalue weighted by molar-refractivity contribution is -0.123. The second-order valence-corrected chi connectivity index (χ2v) is 3.91. The van der Waals surface area contributed by atoms with E-state index in [0.29, 0.717) is 17.0 Å². The number of aromatic nitrogens is 1. The second kappa shape index (κ2) is 5.47. The normalized spacial score (nSPS) is 10.4. The van der Waals surface area contributed by atoms with Gasteiger partial charge in [-0.25, -0.2) is 4.79 Å². The molecule has 6 heteroatoms. The molecule has 0 fully saturated rings. The summed E-state index contributed by atoms with van der Waals surface area (Å²) in [5.74, 6) is -0.447. The second-order valence-electron chi connectivity index (χ2n) is 3.91. The number of carbonyl (C=O) groups is 2. The highest BCUT2D eigenvalue weighted by atomic mass is 16.5. The molecule has 0 aromatic carbocycles. The number of carbonyl (C=O) groups excluding carboxylic acids is 2. The van der Waals surface area contributed by atoms with Crippen molar-refractivity contribution in [3.05, 3.63) is 17.0 Å². The van der Waals surface area contributed by atoms with Gasteiger partial charge < -0.3 is 14.6 Å². The molecule has 0 aliphatic carbocycles. The summed E-state index contributed by atoms with van der Waals surface area (Å²) in [6.45, 7) is 5.12. The van der Waals surface area contributed by atoms with Gasteiger partial charge in [0.05, 0.1) is 5.69 Å². The average Bonchev–Trinajstić information content (AvgIpc) is 2.67. The van der Waals surface area contributed by atoms with E-state index in [0.717, 1.165) is 0 Å². The molecule has 1 heterocycles. The highest BCUT2D eigenvalue weighted by Gasteiger charge is 2.24. The molecule has 1 aromatic rings. The van der Waals surface area contributed by atoms with Crippen LogP contribution in [-0.2, 0) is 9.53 Å². The first-order valence-electron chi connectivity index (χ1n) is 5.31. The van der Waals surface area contributed by atoms with Crippen molar-refractivity contribution in [2.24, 2.45) is 0 Å². The summed E-state index contributed by atoms with van der Waals surface area (Å²) in [5.41, 5.74) is 0.777. The van der Waals surface area contributed by atoms with Gasteiger partial charge in [0.15, 0.2) is 12.4 Å². The Hall–Kier alpha value is -1.85. The van der Waals surface area contributed by atoms with Crippen molar-refractivity contribution in [2.75, 3.05) is 13.7 Å². The third-order valence-corrected chi connectivity index (χ3v) is 2.23. The monoisotopic (exact) mass is 240 g/mol. The lowest BCUT2D eigenvalue weighted by Gasteiger charge is -2.05. The minimum absolute atomic E-state index is 0.0266. The molecule has 0 spiro atoms. The number of nitrogens with zero attached hydrogens (tertiary/aromatic N) is 1. The maximum Gasteiger partial charge on any atom is 0.344 e. The number of amides is 1. The fourth-order valence-electron chi connectivity index (χ4n) is 1.31. The van der Waals surface area contributed by atoms with Gasteiger partial charge in [-0.2, -0.15) is 0 Å². The first kappa shape index (κ1) is 13.2. The van der Waals surface area contributed by atoms with E-state index in [1.807, 2.05) is 13.8 Å². The quantitative estimate of drug-likeness (QED) is 0.794. The number of rotatable bonds is 4. The number of nitrogens with one attached hydrogen (secondary N) is 1. The Bertz CT molecular complexity index is 423. The summed E-state index contributed by atoms with van der Waals surface area (Å²) in [7, 11) is 1.47. The van der Waals surface area contributed by atoms with E-state index >= 15 is 0 Å². The molecule has 0 saturated carbocycles. The molecule has 17 heavy (non-hydrogen) atoms. The number of ether oxygens (including phenoxy) is 1. The number of aryl methyl sites for hydroxylation is 1. The molecule has 6 nitrogen and oxygen atoms in total. The van der Waals surface area contributed by atoms with Gasteiger partial charge in [-0.3, -0.25) is 4.79 Å². The first-order chi connectivity index (χ1) is 7.97. The summed E-state index contributed by atoms with van der Waals surface area (Å²) in [6.07, 6.45) is 0. The van der Waals surface area contributed by atoms with E-state index in [9.17, 15) is 9.59 Å². The van der Waals surface area contributed by atoms with Crippen LogP contribution >= 0.6 is 0 Å². The average molecular weight is 240 g/mol. The summed E-state index contributed by atoms with van der Waals surface area (Å²) in [5, 5.41) is 6.09. The molecule has 0 atom stereocenters. The van der Waals surface area contributed by atoms with E-state index in [2.05, 4.69) is 10.5 Å². The lowest BCUT2D eigenvalue weighted by Crippen LogP contribution is -2.25. The fourth-order valence-corrected chi connectivity index (χ4v) is 1.31. The van der Waals surface area contributed by atoms with E-state index in [-0.39, 0.29) is 18.4 Å². The molecule has 0 unspecified atom stereocenters. The van der Waals surface area contributed by atoms with Crippen molar-refractivity contribution in [3.63, 3.8) is 0 Å². The standard InChI is InChI=1S/C11H16N2O4/c1-6(2)10-9(7(3)13-17-10)11(15)16-5-8(14)12-4/h6H,5H2,1-4H3,(H,12,14). The third kappa shape index (κ3) is 3.05. The molecule has 94 valence electrons. The molecule has 0 saturated heterocycles. The van der Waals surface area contributed by atoms with Gasteiger partial charge in [-0.1, -0.05) is 19.0 Å². The molecule has 1 rings (SSSR count). The van der Waals surface area contributed by atoms with Crippen LogP contribution in [0.25, 0.3) is 0 Å². The molecule has 1 N–H and O–H groups in total. The minimum atomic E-state index is -0.587. The van der Waals surface area contributed by atoms with Crippen molar-refractivity contribution in [1.82, 2.24) is 10.5 Å². The smallest absolute Gasteiger partial charge is 0.344 e. The van der Waals surface area contributed by atoms with Crippen LogP contribution in [0, 0.1) is 6.92 Å². The molecular weight excluding hydrogens is 224 g/mol. The molecule has 0 radical (unpaired) electrons. The van der Waals surface area contributed by atoms with Crippen molar-refractivity contribution in [1.29, 1.82) is 0 Å². The Morgan fingerprint density at radius 1 is 1.47 bits per heavy atom. The first-order valence-corrected chi connectivity index (χ1v) is 5.31. The summed E-state index contributed by atoms with van der Waals surface area (Å²) in [4.78, 5) is 22.7. The molecule has 0 aliphatic heterocycles. The molecule has 0 aliphatic rings. The van der Waals surface area contributed by atoms with Crippen LogP contribution < -0.4 is 5.32 Å². The topological polar surface area (TPSA) is 81.4 Å². The molecule has 1 amide bonds. The number of hydrogen-bond donors (Lipinski definition) is 1. The van der Waals surface area contributed by atoms with E-state index in [1.54, 1.807) is 6.92 Å². The van der Waals surface area contributed by atoms with Gasteiger partial charge in [0.1, 0.15) is 5.56 Å². The number of hydrogen-bond acceptors (Lipinski definition) is 5. The molecular formula is C11H16N2O4. The Labute approximate surface area is 99.3 Å². The van der Waals surface area contributed by atoms with Crippen LogP contribution in [0.2, 0.25) is 0 Å². The van der Waals surface area contributed by atoms with Gasteiger partial charge in [0.2, 0.25) is 0 Å². The van der Waals surface area contributed by atoms with Crippen molar-refractivity contribution in [2.45, 2.75) is 26.7 Å². The van der Waals surface area contributed by atoms with Crippen LogP contribution in [0.15, 0.2) is 4.52 Å². The SMILES string of the molecule is CNC(=O)COC(=O)c1c(C)noc1C(C)C. The van der Waals surface area contributed by atoms with Crippen LogP contribution in [-0.4, -0.2) is 30.7 Å². The van der Waals surface area contributed by atoms with Crippen LogP contribution in [0.1, 0.15) is 41.6 Å². The van der Waals surface area contributed by atoms with E-state index < -0.39 is 5.97 Å². The summed E-state index contributed by atoms with van der Waals surface area (Å²) in [6, 6.07) is 0. The maximum absolute atomic E-state index is 11.8. The summed E-state index contributed by atoms with van der Waals surface area (Å²) < 4.78 is 9.92. The highest BCUT2D eigenvalue weighted by Crippen LogP contribution is 2.22. The zero-order chi connectivity index (χ0) is 13.0. The Morgan fingerprint density at radius 3 is 2.65 bits per heavy atom. The van der Waals surface area contributed by atoms with Crippen LogP contribution in [0.3, 0.4) is 0 Å².